The highest BCUT2D eigenvalue weighted by atomic mass is 16.3. The van der Waals surface area contributed by atoms with Crippen molar-refractivity contribution in [1.29, 1.82) is 0 Å². The predicted molar refractivity (Wildman–Crippen MR) is 132 cm³/mol. The molecule has 0 saturated carbocycles. The summed E-state index contributed by atoms with van der Waals surface area (Å²) in [5.74, 6) is 1.43. The van der Waals surface area contributed by atoms with Gasteiger partial charge in [0.05, 0.1) is 11.3 Å². The van der Waals surface area contributed by atoms with Crippen LogP contribution in [0.5, 0.6) is 5.75 Å². The summed E-state index contributed by atoms with van der Waals surface area (Å²) in [6.45, 7) is 4.66. The molecule has 8 nitrogen and oxygen atoms in total. The number of aromatic hydroxyl groups is 1. The van der Waals surface area contributed by atoms with Gasteiger partial charge in [0.2, 0.25) is 5.95 Å². The predicted octanol–water partition coefficient (Wildman–Crippen LogP) is 4.15. The molecule has 8 heteroatoms. The number of piperidine rings is 1. The highest BCUT2D eigenvalue weighted by Gasteiger charge is 2.21. The number of nitrogens with one attached hydrogen (secondary N) is 2. The van der Waals surface area contributed by atoms with E-state index in [2.05, 4.69) is 20.2 Å². The van der Waals surface area contributed by atoms with Gasteiger partial charge in [-0.05, 0) is 69.5 Å². The minimum atomic E-state index is -0.263. The first-order valence-electron chi connectivity index (χ1n) is 11.7. The molecule has 34 heavy (non-hydrogen) atoms. The Morgan fingerprint density at radius 3 is 2.56 bits per heavy atom. The zero-order valence-electron chi connectivity index (χ0n) is 19.2. The molecule has 1 aliphatic rings. The van der Waals surface area contributed by atoms with Crippen LogP contribution in [-0.2, 0) is 6.54 Å². The van der Waals surface area contributed by atoms with Crippen LogP contribution in [0.25, 0.3) is 22.6 Å². The molecule has 3 N–H and O–H groups in total. The van der Waals surface area contributed by atoms with Crippen molar-refractivity contribution in [2.24, 2.45) is 5.92 Å². The van der Waals surface area contributed by atoms with E-state index in [-0.39, 0.29) is 17.6 Å². The molecule has 1 saturated heterocycles. The first-order valence-corrected chi connectivity index (χ1v) is 11.7. The van der Waals surface area contributed by atoms with Gasteiger partial charge in [0.15, 0.2) is 5.65 Å². The first-order chi connectivity index (χ1) is 16.6. The maximum absolute atomic E-state index is 12.7. The number of aryl methyl sites for hydroxylation is 2. The lowest BCUT2D eigenvalue weighted by atomic mass is 9.95. The molecule has 1 amide bonds. The number of hydrogen-bond acceptors (Lipinski definition) is 6. The van der Waals surface area contributed by atoms with Crippen LogP contribution < -0.4 is 10.6 Å². The van der Waals surface area contributed by atoms with Crippen molar-refractivity contribution in [1.82, 2.24) is 24.8 Å². The average molecular weight is 457 g/mol. The highest BCUT2D eigenvalue weighted by Crippen LogP contribution is 2.32. The first kappa shape index (κ1) is 22.0. The van der Waals surface area contributed by atoms with Gasteiger partial charge in [-0.15, -0.1) is 0 Å². The van der Waals surface area contributed by atoms with E-state index in [0.29, 0.717) is 46.3 Å². The van der Waals surface area contributed by atoms with Crippen LogP contribution >= 0.6 is 0 Å². The number of phenolic OH excluding ortho intramolecular Hbond substituents is 1. The Hall–Kier alpha value is -3.78. The molecule has 0 unspecified atom stereocenters. The van der Waals surface area contributed by atoms with E-state index < -0.39 is 0 Å². The van der Waals surface area contributed by atoms with Crippen molar-refractivity contribution < 1.29 is 9.90 Å². The quantitative estimate of drug-likeness (QED) is 0.403. The second kappa shape index (κ2) is 9.61. The molecule has 0 atom stereocenters. The van der Waals surface area contributed by atoms with Crippen LogP contribution in [-0.4, -0.2) is 43.6 Å². The largest absolute Gasteiger partial charge is 0.507 e. The van der Waals surface area contributed by atoms with Crippen molar-refractivity contribution in [3.63, 3.8) is 0 Å². The Kier molecular flexibility index (Phi) is 6.22. The minimum absolute atomic E-state index is 0.170. The number of imidazole rings is 1. The number of carbonyl (C=O) groups is 1. The molecule has 1 aliphatic heterocycles. The molecular formula is C26H28N6O2. The third-order valence-corrected chi connectivity index (χ3v) is 6.39. The standard InChI is InChI=1S/C26H28N6O2/c1-17-22-24(30-26(28-17)31-25(34)19-7-3-2-4-8-19)32(16-13-18-11-14-27-15-12-18)23(29-22)20-9-5-6-10-21(20)33/h2-10,18,27,33H,11-16H2,1H3,(H,28,30,31,34). The van der Waals surface area contributed by atoms with Crippen LogP contribution in [0.15, 0.2) is 54.6 Å². The van der Waals surface area contributed by atoms with Crippen LogP contribution in [0.3, 0.4) is 0 Å². The third kappa shape index (κ3) is 4.49. The van der Waals surface area contributed by atoms with Crippen molar-refractivity contribution >= 4 is 23.0 Å². The summed E-state index contributed by atoms with van der Waals surface area (Å²) in [7, 11) is 0. The number of carbonyl (C=O) groups excluding carboxylic acids is 1. The molecule has 0 spiro atoms. The van der Waals surface area contributed by atoms with E-state index in [4.69, 9.17) is 9.97 Å². The lowest BCUT2D eigenvalue weighted by Crippen LogP contribution is -2.28. The summed E-state index contributed by atoms with van der Waals surface area (Å²) in [4.78, 5) is 26.7. The summed E-state index contributed by atoms with van der Waals surface area (Å²) in [5.41, 5.74) is 3.19. The Balaban J connectivity index is 1.55. The second-order valence-corrected chi connectivity index (χ2v) is 8.71. The second-order valence-electron chi connectivity index (χ2n) is 8.71. The third-order valence-electron chi connectivity index (χ3n) is 6.39. The fourth-order valence-corrected chi connectivity index (χ4v) is 4.52. The molecule has 3 heterocycles. The van der Waals surface area contributed by atoms with Crippen molar-refractivity contribution in [2.45, 2.75) is 32.7 Å². The molecule has 174 valence electrons. The molecular weight excluding hydrogens is 428 g/mol. The molecule has 0 bridgehead atoms. The number of amides is 1. The number of nitrogens with zero attached hydrogens (tertiary/aromatic N) is 4. The average Bonchev–Trinajstić information content (AvgIpc) is 3.23. The zero-order chi connectivity index (χ0) is 23.5. The van der Waals surface area contributed by atoms with Gasteiger partial charge in [-0.2, -0.15) is 4.98 Å². The molecule has 4 aromatic rings. The van der Waals surface area contributed by atoms with Gasteiger partial charge in [0, 0.05) is 12.1 Å². The Labute approximate surface area is 198 Å². The van der Waals surface area contributed by atoms with Gasteiger partial charge < -0.3 is 15.0 Å². The molecule has 2 aromatic heterocycles. The van der Waals surface area contributed by atoms with E-state index in [1.165, 1.54) is 0 Å². The maximum Gasteiger partial charge on any atom is 0.258 e. The monoisotopic (exact) mass is 456 g/mol. The summed E-state index contributed by atoms with van der Waals surface area (Å²) >= 11 is 0. The van der Waals surface area contributed by atoms with Crippen molar-refractivity contribution in [3.8, 4) is 17.1 Å². The van der Waals surface area contributed by atoms with Crippen molar-refractivity contribution in [2.75, 3.05) is 18.4 Å². The number of anilines is 1. The minimum Gasteiger partial charge on any atom is -0.507 e. The van der Waals surface area contributed by atoms with Gasteiger partial charge in [-0.3, -0.25) is 10.1 Å². The molecule has 5 rings (SSSR count). The number of fused-ring (bicyclic) bond motifs is 1. The normalized spacial score (nSPS) is 14.4. The topological polar surface area (TPSA) is 105 Å². The number of aromatic nitrogens is 4. The van der Waals surface area contributed by atoms with E-state index in [1.807, 2.05) is 37.3 Å². The lowest BCUT2D eigenvalue weighted by molar-refractivity contribution is 0.102. The molecule has 0 aliphatic carbocycles. The number of phenols is 1. The summed E-state index contributed by atoms with van der Waals surface area (Å²) in [6.07, 6.45) is 3.28. The number of para-hydroxylation sites is 1. The molecule has 0 radical (unpaired) electrons. The van der Waals surface area contributed by atoms with E-state index in [9.17, 15) is 9.90 Å². The Bertz CT molecular complexity index is 1310. The van der Waals surface area contributed by atoms with Gasteiger partial charge in [0.1, 0.15) is 17.1 Å². The van der Waals surface area contributed by atoms with E-state index in [0.717, 1.165) is 32.4 Å². The van der Waals surface area contributed by atoms with Crippen LogP contribution in [0.1, 0.15) is 35.3 Å². The van der Waals surface area contributed by atoms with Gasteiger partial charge in [0.25, 0.3) is 5.91 Å². The van der Waals surface area contributed by atoms with Gasteiger partial charge >= 0.3 is 0 Å². The van der Waals surface area contributed by atoms with Crippen molar-refractivity contribution in [3.05, 3.63) is 65.9 Å². The SMILES string of the molecule is Cc1nc(NC(=O)c2ccccc2)nc2c1nc(-c1ccccc1O)n2CCC1CCNCC1. The Morgan fingerprint density at radius 2 is 1.79 bits per heavy atom. The van der Waals surface area contributed by atoms with E-state index >= 15 is 0 Å². The summed E-state index contributed by atoms with van der Waals surface area (Å²) in [6, 6.07) is 16.2. The van der Waals surface area contributed by atoms with Gasteiger partial charge in [-0.25, -0.2) is 9.97 Å². The number of hydrogen-bond donors (Lipinski definition) is 3. The maximum atomic E-state index is 12.7. The summed E-state index contributed by atoms with van der Waals surface area (Å²) < 4.78 is 2.05. The summed E-state index contributed by atoms with van der Waals surface area (Å²) in [5, 5.41) is 16.8. The van der Waals surface area contributed by atoms with Crippen LogP contribution in [0, 0.1) is 12.8 Å². The zero-order valence-corrected chi connectivity index (χ0v) is 19.2. The van der Waals surface area contributed by atoms with Crippen LogP contribution in [0.2, 0.25) is 0 Å². The smallest absolute Gasteiger partial charge is 0.258 e. The number of benzene rings is 2. The molecule has 2 aromatic carbocycles. The highest BCUT2D eigenvalue weighted by molar-refractivity contribution is 6.03. The molecule has 1 fully saturated rings. The van der Waals surface area contributed by atoms with E-state index in [1.54, 1.807) is 24.3 Å². The number of rotatable bonds is 6. The Morgan fingerprint density at radius 1 is 1.06 bits per heavy atom. The lowest BCUT2D eigenvalue weighted by Gasteiger charge is -2.23. The fourth-order valence-electron chi connectivity index (χ4n) is 4.52. The fraction of sp³-hybridized carbons (Fsp3) is 0.308. The van der Waals surface area contributed by atoms with Crippen LogP contribution in [0.4, 0.5) is 5.95 Å². The van der Waals surface area contributed by atoms with Gasteiger partial charge in [-0.1, -0.05) is 30.3 Å².